The molecule has 180 valence electrons. The van der Waals surface area contributed by atoms with Crippen molar-refractivity contribution in [3.63, 3.8) is 0 Å². The van der Waals surface area contributed by atoms with Gasteiger partial charge in [-0.3, -0.25) is 14.9 Å². The van der Waals surface area contributed by atoms with E-state index in [-0.39, 0.29) is 23.8 Å². The lowest BCUT2D eigenvalue weighted by Crippen LogP contribution is -2.37. The van der Waals surface area contributed by atoms with Crippen LogP contribution < -0.4 is 10.1 Å². The molecule has 0 spiro atoms. The summed E-state index contributed by atoms with van der Waals surface area (Å²) in [7, 11) is 0. The van der Waals surface area contributed by atoms with Crippen molar-refractivity contribution >= 4 is 40.1 Å². The zero-order valence-corrected chi connectivity index (χ0v) is 20.5. The maximum atomic E-state index is 12.9. The summed E-state index contributed by atoms with van der Waals surface area (Å²) in [4.78, 5) is 39.6. The van der Waals surface area contributed by atoms with E-state index in [0.717, 1.165) is 34.6 Å². The first kappa shape index (κ1) is 23.0. The number of rotatable bonds is 6. The summed E-state index contributed by atoms with van der Waals surface area (Å²) in [6.45, 7) is 5.27. The van der Waals surface area contributed by atoms with E-state index >= 15 is 0 Å². The number of nitrogens with one attached hydrogen (secondary N) is 2. The number of ether oxygens (including phenoxy) is 1. The van der Waals surface area contributed by atoms with Crippen LogP contribution >= 0.6 is 11.3 Å². The number of imidazole rings is 1. The van der Waals surface area contributed by atoms with Crippen LogP contribution in [0.25, 0.3) is 11.0 Å². The maximum Gasteiger partial charge on any atom is 0.277 e. The van der Waals surface area contributed by atoms with Crippen molar-refractivity contribution in [1.82, 2.24) is 19.9 Å². The number of aromatic nitrogens is 3. The largest absolute Gasteiger partial charge is 0.491 e. The molecule has 35 heavy (non-hydrogen) atoms. The minimum Gasteiger partial charge on any atom is -0.491 e. The zero-order chi connectivity index (χ0) is 24.4. The third-order valence-corrected chi connectivity index (χ3v) is 6.99. The molecule has 0 saturated carbocycles. The van der Waals surface area contributed by atoms with Crippen LogP contribution in [0.4, 0.5) is 5.95 Å². The number of hydrogen-bond donors (Lipinski definition) is 2. The third kappa shape index (κ3) is 5.19. The first-order valence-electron chi connectivity index (χ1n) is 11.7. The van der Waals surface area contributed by atoms with E-state index in [4.69, 9.17) is 4.74 Å². The van der Waals surface area contributed by atoms with Crippen molar-refractivity contribution in [2.45, 2.75) is 38.7 Å². The van der Waals surface area contributed by atoms with Crippen LogP contribution in [0.1, 0.15) is 58.5 Å². The molecule has 2 amide bonds. The number of fused-ring (bicyclic) bond motifs is 1. The summed E-state index contributed by atoms with van der Waals surface area (Å²) >= 11 is 1.49. The first-order valence-corrected chi connectivity index (χ1v) is 12.6. The highest BCUT2D eigenvalue weighted by molar-refractivity contribution is 7.10. The molecule has 1 aliphatic heterocycles. The number of carbonyl (C=O) groups excluding carboxylic acids is 2. The van der Waals surface area contributed by atoms with Gasteiger partial charge in [-0.15, -0.1) is 11.3 Å². The number of benzene rings is 2. The number of piperidine rings is 1. The number of para-hydroxylation sites is 2. The highest BCUT2D eigenvalue weighted by Gasteiger charge is 2.27. The molecule has 1 fully saturated rings. The minimum absolute atomic E-state index is 0.0320. The van der Waals surface area contributed by atoms with Crippen LogP contribution in [0.5, 0.6) is 5.75 Å². The van der Waals surface area contributed by atoms with E-state index in [1.54, 1.807) is 5.38 Å². The van der Waals surface area contributed by atoms with Crippen molar-refractivity contribution in [2.24, 2.45) is 0 Å². The highest BCUT2D eigenvalue weighted by Crippen LogP contribution is 2.31. The third-order valence-electron chi connectivity index (χ3n) is 5.98. The Balaban J connectivity index is 1.16. The van der Waals surface area contributed by atoms with Gasteiger partial charge in [-0.1, -0.05) is 12.1 Å². The average Bonchev–Trinajstić information content (AvgIpc) is 3.51. The van der Waals surface area contributed by atoms with Crippen molar-refractivity contribution in [2.75, 3.05) is 18.4 Å². The molecule has 1 aliphatic rings. The van der Waals surface area contributed by atoms with E-state index in [1.807, 2.05) is 67.3 Å². The Morgan fingerprint density at radius 3 is 2.54 bits per heavy atom. The molecule has 4 aromatic rings. The van der Waals surface area contributed by atoms with Gasteiger partial charge in [0.2, 0.25) is 5.95 Å². The van der Waals surface area contributed by atoms with E-state index < -0.39 is 0 Å². The van der Waals surface area contributed by atoms with Crippen molar-refractivity contribution < 1.29 is 14.3 Å². The van der Waals surface area contributed by atoms with Gasteiger partial charge in [0.15, 0.2) is 0 Å². The van der Waals surface area contributed by atoms with Gasteiger partial charge < -0.3 is 14.6 Å². The summed E-state index contributed by atoms with van der Waals surface area (Å²) in [5, 5.41) is 5.51. The molecule has 2 aromatic heterocycles. The molecule has 0 aliphatic carbocycles. The van der Waals surface area contributed by atoms with Crippen molar-refractivity contribution in [3.8, 4) is 5.75 Å². The normalized spacial score (nSPS) is 14.4. The van der Waals surface area contributed by atoms with Gasteiger partial charge in [0.1, 0.15) is 11.4 Å². The molecule has 2 aromatic carbocycles. The lowest BCUT2D eigenvalue weighted by atomic mass is 9.97. The first-order chi connectivity index (χ1) is 17.0. The van der Waals surface area contributed by atoms with E-state index in [0.29, 0.717) is 30.3 Å². The predicted octanol–water partition coefficient (Wildman–Crippen LogP) is 5.08. The average molecular weight is 490 g/mol. The minimum atomic E-state index is -0.288. The number of amides is 2. The van der Waals surface area contributed by atoms with Gasteiger partial charge in [0.25, 0.3) is 11.8 Å². The van der Waals surface area contributed by atoms with E-state index in [9.17, 15) is 9.59 Å². The number of anilines is 1. The molecule has 5 rings (SSSR count). The summed E-state index contributed by atoms with van der Waals surface area (Å²) < 4.78 is 5.66. The van der Waals surface area contributed by atoms with Crippen LogP contribution in [0.2, 0.25) is 0 Å². The molecule has 0 atom stereocenters. The predicted molar refractivity (Wildman–Crippen MR) is 136 cm³/mol. The summed E-state index contributed by atoms with van der Waals surface area (Å²) in [6, 6.07) is 14.9. The van der Waals surface area contributed by atoms with Crippen LogP contribution in [-0.2, 0) is 0 Å². The molecule has 9 heteroatoms. The summed E-state index contributed by atoms with van der Waals surface area (Å²) in [5.74, 6) is 1.15. The Morgan fingerprint density at radius 2 is 1.83 bits per heavy atom. The number of likely N-dealkylation sites (tertiary alicyclic amines) is 1. The molecule has 2 N–H and O–H groups in total. The monoisotopic (exact) mass is 489 g/mol. The Hall–Kier alpha value is -3.72. The number of aromatic amines is 1. The van der Waals surface area contributed by atoms with Crippen LogP contribution in [0, 0.1) is 0 Å². The molecule has 3 heterocycles. The lowest BCUT2D eigenvalue weighted by Gasteiger charge is -2.31. The van der Waals surface area contributed by atoms with E-state index in [1.165, 1.54) is 11.3 Å². The fraction of sp³-hybridized carbons (Fsp3) is 0.308. The Kier molecular flexibility index (Phi) is 6.50. The van der Waals surface area contributed by atoms with Gasteiger partial charge in [-0.05, 0) is 63.1 Å². The SMILES string of the molecule is CC(C)Oc1ccc(C(=O)N2CCC(c3nc(C(=O)Nc4nc5ccccc5[nH]4)cs3)CC2)cc1. The van der Waals surface area contributed by atoms with Crippen LogP contribution in [-0.4, -0.2) is 50.9 Å². The highest BCUT2D eigenvalue weighted by atomic mass is 32.1. The van der Waals surface area contributed by atoms with Gasteiger partial charge in [-0.25, -0.2) is 9.97 Å². The second-order valence-electron chi connectivity index (χ2n) is 8.89. The number of nitrogens with zero attached hydrogens (tertiary/aromatic N) is 3. The van der Waals surface area contributed by atoms with Gasteiger partial charge >= 0.3 is 0 Å². The van der Waals surface area contributed by atoms with Crippen molar-refractivity contribution in [3.05, 3.63) is 70.2 Å². The maximum absolute atomic E-state index is 12.9. The number of carbonyl (C=O) groups is 2. The number of H-pyrrole nitrogens is 1. The fourth-order valence-corrected chi connectivity index (χ4v) is 5.19. The zero-order valence-electron chi connectivity index (χ0n) is 19.7. The Labute approximate surface area is 207 Å². The second kappa shape index (κ2) is 9.87. The summed E-state index contributed by atoms with van der Waals surface area (Å²) in [5.41, 5.74) is 2.71. The van der Waals surface area contributed by atoms with Gasteiger partial charge in [-0.2, -0.15) is 0 Å². The van der Waals surface area contributed by atoms with Crippen molar-refractivity contribution in [1.29, 1.82) is 0 Å². The Morgan fingerprint density at radius 1 is 1.09 bits per heavy atom. The topological polar surface area (TPSA) is 100 Å². The molecule has 1 saturated heterocycles. The number of hydrogen-bond acceptors (Lipinski definition) is 6. The molecule has 0 radical (unpaired) electrons. The van der Waals surface area contributed by atoms with Gasteiger partial charge in [0, 0.05) is 30.0 Å². The molecular formula is C26H27N5O3S. The summed E-state index contributed by atoms with van der Waals surface area (Å²) in [6.07, 6.45) is 1.73. The van der Waals surface area contributed by atoms with Crippen LogP contribution in [0.3, 0.4) is 0 Å². The molecule has 0 bridgehead atoms. The Bertz CT molecular complexity index is 1300. The standard InChI is InChI=1S/C26H27N5O3S/c1-16(2)34-19-9-7-18(8-10-19)25(33)31-13-11-17(12-14-31)24-27-22(15-35-24)23(32)30-26-28-20-5-3-4-6-21(20)29-26/h3-10,15-17H,11-14H2,1-2H3,(H2,28,29,30,32). The fourth-order valence-electron chi connectivity index (χ4n) is 4.22. The molecule has 8 nitrogen and oxygen atoms in total. The smallest absolute Gasteiger partial charge is 0.277 e. The molecular weight excluding hydrogens is 462 g/mol. The molecule has 0 unspecified atom stereocenters. The lowest BCUT2D eigenvalue weighted by molar-refractivity contribution is 0.0713. The second-order valence-corrected chi connectivity index (χ2v) is 9.77. The quantitative estimate of drug-likeness (QED) is 0.393. The number of thiazole rings is 1. The van der Waals surface area contributed by atoms with Gasteiger partial charge in [0.05, 0.1) is 22.1 Å². The van der Waals surface area contributed by atoms with Crippen LogP contribution in [0.15, 0.2) is 53.9 Å². The van der Waals surface area contributed by atoms with E-state index in [2.05, 4.69) is 20.3 Å².